The number of ether oxygens (including phenoxy) is 1. The van der Waals surface area contributed by atoms with Crippen LogP contribution < -0.4 is 4.74 Å². The minimum Gasteiger partial charge on any atom is -0.497 e. The van der Waals surface area contributed by atoms with Crippen LogP contribution in [0.15, 0.2) is 43.0 Å². The number of imidazole rings is 1. The first-order chi connectivity index (χ1) is 10.8. The van der Waals surface area contributed by atoms with Crippen molar-refractivity contribution in [3.05, 3.63) is 48.5 Å². The van der Waals surface area contributed by atoms with Gasteiger partial charge in [-0.2, -0.15) is 0 Å². The summed E-state index contributed by atoms with van der Waals surface area (Å²) in [7, 11) is 1.63. The first-order valence-electron chi connectivity index (χ1n) is 7.65. The molecule has 0 N–H and O–H groups in total. The van der Waals surface area contributed by atoms with Crippen LogP contribution in [0.3, 0.4) is 0 Å². The first-order valence-corrected chi connectivity index (χ1v) is 7.65. The summed E-state index contributed by atoms with van der Waals surface area (Å²) in [6.07, 6.45) is 7.74. The first kappa shape index (κ1) is 14.6. The van der Waals surface area contributed by atoms with Gasteiger partial charge in [0.25, 0.3) is 5.91 Å². The summed E-state index contributed by atoms with van der Waals surface area (Å²) in [6, 6.07) is 7.33. The topological polar surface area (TPSA) is 47.4 Å². The molecular weight excluding hydrogens is 278 g/mol. The maximum Gasteiger partial charge on any atom is 0.253 e. The number of carbonyl (C=O) groups is 1. The number of carbonyl (C=O) groups excluding carboxylic acids is 1. The summed E-state index contributed by atoms with van der Waals surface area (Å²) in [5, 5.41) is 0. The minimum absolute atomic E-state index is 0.115. The van der Waals surface area contributed by atoms with E-state index in [9.17, 15) is 4.79 Å². The maximum atomic E-state index is 12.5. The lowest BCUT2D eigenvalue weighted by molar-refractivity contribution is 0.0683. The van der Waals surface area contributed by atoms with E-state index in [0.717, 1.165) is 43.8 Å². The van der Waals surface area contributed by atoms with Crippen molar-refractivity contribution in [3.63, 3.8) is 0 Å². The zero-order valence-corrected chi connectivity index (χ0v) is 12.8. The summed E-state index contributed by atoms with van der Waals surface area (Å²) in [5.74, 6) is 1.51. The van der Waals surface area contributed by atoms with Gasteiger partial charge in [0, 0.05) is 37.6 Å². The number of benzene rings is 1. The van der Waals surface area contributed by atoms with Crippen molar-refractivity contribution in [2.24, 2.45) is 5.92 Å². The minimum atomic E-state index is 0.115. The maximum absolute atomic E-state index is 12.5. The Kier molecular flexibility index (Phi) is 4.42. The van der Waals surface area contributed by atoms with Gasteiger partial charge in [-0.1, -0.05) is 0 Å². The molecule has 0 unspecified atom stereocenters. The predicted molar refractivity (Wildman–Crippen MR) is 83.8 cm³/mol. The Morgan fingerprint density at radius 2 is 2.00 bits per heavy atom. The molecule has 2 heterocycles. The molecule has 116 valence electrons. The fourth-order valence-electron chi connectivity index (χ4n) is 2.93. The molecule has 0 radical (unpaired) electrons. The molecule has 0 saturated carbocycles. The Bertz CT molecular complexity index is 599. The number of piperidine rings is 1. The van der Waals surface area contributed by atoms with Gasteiger partial charge in [0.2, 0.25) is 0 Å². The molecule has 1 aromatic carbocycles. The molecule has 1 aliphatic rings. The largest absolute Gasteiger partial charge is 0.497 e. The zero-order valence-electron chi connectivity index (χ0n) is 12.8. The van der Waals surface area contributed by atoms with Crippen molar-refractivity contribution in [2.75, 3.05) is 20.2 Å². The van der Waals surface area contributed by atoms with Crippen molar-refractivity contribution in [2.45, 2.75) is 19.4 Å². The second-order valence-corrected chi connectivity index (χ2v) is 5.72. The number of amides is 1. The van der Waals surface area contributed by atoms with Gasteiger partial charge in [0.15, 0.2) is 0 Å². The molecule has 5 heteroatoms. The van der Waals surface area contributed by atoms with Crippen molar-refractivity contribution < 1.29 is 9.53 Å². The fraction of sp³-hybridized carbons (Fsp3) is 0.412. The van der Waals surface area contributed by atoms with Crippen LogP contribution in [0.25, 0.3) is 0 Å². The average molecular weight is 299 g/mol. The van der Waals surface area contributed by atoms with Crippen molar-refractivity contribution >= 4 is 5.91 Å². The SMILES string of the molecule is COc1ccc(C(=O)N2CCC(Cn3ccnc3)CC2)cc1. The Labute approximate surface area is 130 Å². The highest BCUT2D eigenvalue weighted by Gasteiger charge is 2.23. The Morgan fingerprint density at radius 1 is 1.27 bits per heavy atom. The van der Waals surface area contributed by atoms with Crippen LogP contribution in [-0.4, -0.2) is 40.6 Å². The molecule has 0 aliphatic carbocycles. The van der Waals surface area contributed by atoms with E-state index in [-0.39, 0.29) is 5.91 Å². The van der Waals surface area contributed by atoms with Crippen molar-refractivity contribution in [1.29, 1.82) is 0 Å². The third-order valence-electron chi connectivity index (χ3n) is 4.27. The summed E-state index contributed by atoms with van der Waals surface area (Å²) in [5.41, 5.74) is 0.730. The lowest BCUT2D eigenvalue weighted by atomic mass is 9.96. The Hall–Kier alpha value is -2.30. The third-order valence-corrected chi connectivity index (χ3v) is 4.27. The lowest BCUT2D eigenvalue weighted by Crippen LogP contribution is -2.39. The van der Waals surface area contributed by atoms with E-state index >= 15 is 0 Å². The van der Waals surface area contributed by atoms with Crippen LogP contribution in [0, 0.1) is 5.92 Å². The smallest absolute Gasteiger partial charge is 0.253 e. The normalized spacial score (nSPS) is 15.8. The summed E-state index contributed by atoms with van der Waals surface area (Å²) in [6.45, 7) is 2.64. The van der Waals surface area contributed by atoms with E-state index in [0.29, 0.717) is 5.92 Å². The van der Waals surface area contributed by atoms with E-state index in [1.54, 1.807) is 7.11 Å². The van der Waals surface area contributed by atoms with Gasteiger partial charge in [-0.05, 0) is 43.0 Å². The van der Waals surface area contributed by atoms with Gasteiger partial charge >= 0.3 is 0 Å². The number of hydrogen-bond donors (Lipinski definition) is 0. The second kappa shape index (κ2) is 6.64. The highest BCUT2D eigenvalue weighted by molar-refractivity contribution is 5.94. The average Bonchev–Trinajstić information content (AvgIpc) is 3.08. The van der Waals surface area contributed by atoms with Gasteiger partial charge in [-0.3, -0.25) is 4.79 Å². The summed E-state index contributed by atoms with van der Waals surface area (Å²) in [4.78, 5) is 18.5. The van der Waals surface area contributed by atoms with E-state index in [1.807, 2.05) is 47.9 Å². The quantitative estimate of drug-likeness (QED) is 0.871. The summed E-state index contributed by atoms with van der Waals surface area (Å²) >= 11 is 0. The molecule has 2 aromatic rings. The Morgan fingerprint density at radius 3 is 2.59 bits per heavy atom. The van der Waals surface area contributed by atoms with Gasteiger partial charge < -0.3 is 14.2 Å². The van der Waals surface area contributed by atoms with Crippen LogP contribution in [0.1, 0.15) is 23.2 Å². The molecule has 1 amide bonds. The second-order valence-electron chi connectivity index (χ2n) is 5.72. The molecule has 3 rings (SSSR count). The standard InChI is InChI=1S/C17H21N3O2/c1-22-16-4-2-15(3-5-16)17(21)20-9-6-14(7-10-20)12-19-11-8-18-13-19/h2-5,8,11,13-14H,6-7,9-10,12H2,1H3. The van der Waals surface area contributed by atoms with Gasteiger partial charge in [-0.25, -0.2) is 4.98 Å². The number of nitrogens with zero attached hydrogens (tertiary/aromatic N) is 3. The van der Waals surface area contributed by atoms with Gasteiger partial charge in [-0.15, -0.1) is 0 Å². The van der Waals surface area contributed by atoms with E-state index in [2.05, 4.69) is 9.55 Å². The molecule has 1 aliphatic heterocycles. The van der Waals surface area contributed by atoms with Crippen LogP contribution in [0.2, 0.25) is 0 Å². The van der Waals surface area contributed by atoms with Gasteiger partial charge in [0.05, 0.1) is 13.4 Å². The summed E-state index contributed by atoms with van der Waals surface area (Å²) < 4.78 is 7.24. The molecule has 1 saturated heterocycles. The molecule has 5 nitrogen and oxygen atoms in total. The third kappa shape index (κ3) is 3.30. The lowest BCUT2D eigenvalue weighted by Gasteiger charge is -2.32. The van der Waals surface area contributed by atoms with E-state index in [1.165, 1.54) is 0 Å². The molecule has 0 bridgehead atoms. The van der Waals surface area contributed by atoms with Crippen LogP contribution >= 0.6 is 0 Å². The molecule has 0 atom stereocenters. The van der Waals surface area contributed by atoms with Crippen molar-refractivity contribution in [1.82, 2.24) is 14.5 Å². The number of aromatic nitrogens is 2. The number of hydrogen-bond acceptors (Lipinski definition) is 3. The monoisotopic (exact) mass is 299 g/mol. The van der Waals surface area contributed by atoms with Crippen molar-refractivity contribution in [3.8, 4) is 5.75 Å². The van der Waals surface area contributed by atoms with Gasteiger partial charge in [0.1, 0.15) is 5.75 Å². The molecule has 22 heavy (non-hydrogen) atoms. The van der Waals surface area contributed by atoms with E-state index < -0.39 is 0 Å². The molecule has 1 aromatic heterocycles. The number of rotatable bonds is 4. The number of likely N-dealkylation sites (tertiary alicyclic amines) is 1. The van der Waals surface area contributed by atoms with Crippen LogP contribution in [-0.2, 0) is 6.54 Å². The molecule has 1 fully saturated rings. The highest BCUT2D eigenvalue weighted by Crippen LogP contribution is 2.21. The Balaban J connectivity index is 1.54. The predicted octanol–water partition coefficient (Wildman–Crippen LogP) is 2.44. The zero-order chi connectivity index (χ0) is 15.4. The van der Waals surface area contributed by atoms with Crippen LogP contribution in [0.5, 0.6) is 5.75 Å². The molecule has 0 spiro atoms. The van der Waals surface area contributed by atoms with Crippen LogP contribution in [0.4, 0.5) is 0 Å². The van der Waals surface area contributed by atoms with E-state index in [4.69, 9.17) is 4.74 Å². The molecular formula is C17H21N3O2. The highest BCUT2D eigenvalue weighted by atomic mass is 16.5. The number of methoxy groups -OCH3 is 1. The fourth-order valence-corrected chi connectivity index (χ4v) is 2.93.